The minimum Gasteiger partial charge on any atom is -0.330 e. The maximum absolute atomic E-state index is 6.00. The summed E-state index contributed by atoms with van der Waals surface area (Å²) in [6.07, 6.45) is 4.89. The van der Waals surface area contributed by atoms with Gasteiger partial charge in [-0.1, -0.05) is 45.7 Å². The van der Waals surface area contributed by atoms with Crippen molar-refractivity contribution in [1.82, 2.24) is 0 Å². The summed E-state index contributed by atoms with van der Waals surface area (Å²) in [5.41, 5.74) is 6.39. The molecular weight excluding hydrogens is 249 g/mol. The Labute approximate surface area is 91.7 Å². The second kappa shape index (κ2) is 5.43. The van der Waals surface area contributed by atoms with Crippen molar-refractivity contribution in [3.63, 3.8) is 0 Å². The van der Waals surface area contributed by atoms with Crippen molar-refractivity contribution in [1.29, 1.82) is 0 Å². The monoisotopic (exact) mass is 259 g/mol. The molecule has 0 aromatic heterocycles. The van der Waals surface area contributed by atoms with Crippen LogP contribution >= 0.6 is 27.5 Å². The van der Waals surface area contributed by atoms with Gasteiger partial charge in [-0.05, 0) is 30.7 Å². The molecule has 3 heteroatoms. The number of nitrogens with two attached hydrogens (primary N) is 1. The van der Waals surface area contributed by atoms with Crippen LogP contribution in [0.3, 0.4) is 0 Å². The van der Waals surface area contributed by atoms with Gasteiger partial charge >= 0.3 is 0 Å². The highest BCUT2D eigenvalue weighted by Crippen LogP contribution is 2.22. The molecule has 1 aromatic rings. The third-order valence-corrected chi connectivity index (χ3v) is 2.41. The summed E-state index contributed by atoms with van der Waals surface area (Å²) in [5.74, 6) is 0. The Kier molecular flexibility index (Phi) is 4.50. The van der Waals surface area contributed by atoms with E-state index in [9.17, 15) is 0 Å². The molecule has 0 heterocycles. The average molecular weight is 261 g/mol. The Balaban J connectivity index is 2.77. The number of rotatable bonds is 3. The van der Waals surface area contributed by atoms with Gasteiger partial charge in [-0.3, -0.25) is 0 Å². The van der Waals surface area contributed by atoms with Crippen LogP contribution < -0.4 is 5.73 Å². The van der Waals surface area contributed by atoms with Gasteiger partial charge in [0.2, 0.25) is 0 Å². The molecule has 0 spiro atoms. The van der Waals surface area contributed by atoms with Crippen molar-refractivity contribution in [2.75, 3.05) is 6.54 Å². The fourth-order valence-corrected chi connectivity index (χ4v) is 1.68. The zero-order valence-electron chi connectivity index (χ0n) is 7.13. The van der Waals surface area contributed by atoms with E-state index in [-0.39, 0.29) is 0 Å². The molecule has 0 aliphatic carbocycles. The molecule has 0 fully saturated rings. The summed E-state index contributed by atoms with van der Waals surface area (Å²) >= 11 is 9.35. The summed E-state index contributed by atoms with van der Waals surface area (Å²) < 4.78 is 0.994. The summed E-state index contributed by atoms with van der Waals surface area (Å²) in [7, 11) is 0. The van der Waals surface area contributed by atoms with E-state index < -0.39 is 0 Å². The van der Waals surface area contributed by atoms with Crippen molar-refractivity contribution >= 4 is 33.6 Å². The highest BCUT2D eigenvalue weighted by atomic mass is 79.9. The van der Waals surface area contributed by atoms with E-state index in [1.807, 2.05) is 30.4 Å². The van der Waals surface area contributed by atoms with E-state index >= 15 is 0 Å². The lowest BCUT2D eigenvalue weighted by molar-refractivity contribution is 1.01. The lowest BCUT2D eigenvalue weighted by Gasteiger charge is -1.98. The van der Waals surface area contributed by atoms with Gasteiger partial charge < -0.3 is 5.73 Å². The zero-order chi connectivity index (χ0) is 9.68. The van der Waals surface area contributed by atoms with Gasteiger partial charge in [0.1, 0.15) is 0 Å². The van der Waals surface area contributed by atoms with E-state index in [2.05, 4.69) is 15.9 Å². The molecule has 0 unspecified atom stereocenters. The minimum absolute atomic E-state index is 0.671. The van der Waals surface area contributed by atoms with Crippen molar-refractivity contribution in [3.8, 4) is 0 Å². The van der Waals surface area contributed by atoms with Gasteiger partial charge in [0.05, 0.1) is 0 Å². The van der Waals surface area contributed by atoms with Crippen LogP contribution in [0.5, 0.6) is 0 Å². The van der Waals surface area contributed by atoms with Gasteiger partial charge in [-0.25, -0.2) is 0 Å². The number of hydrogen-bond donors (Lipinski definition) is 1. The van der Waals surface area contributed by atoms with E-state index in [1.54, 1.807) is 0 Å². The third kappa shape index (κ3) is 3.51. The number of benzene rings is 1. The first-order chi connectivity index (χ1) is 6.24. The topological polar surface area (TPSA) is 26.0 Å². The second-order valence-corrected chi connectivity index (χ2v) is 3.97. The molecular formula is C10H11BrClN. The predicted molar refractivity (Wildman–Crippen MR) is 61.9 cm³/mol. The Morgan fingerprint density at radius 3 is 2.85 bits per heavy atom. The van der Waals surface area contributed by atoms with Crippen molar-refractivity contribution in [2.24, 2.45) is 5.73 Å². The molecule has 1 rings (SSSR count). The molecule has 0 atom stereocenters. The smallest absolute Gasteiger partial charge is 0.0489 e. The largest absolute Gasteiger partial charge is 0.330 e. The Morgan fingerprint density at radius 2 is 2.23 bits per heavy atom. The maximum atomic E-state index is 6.00. The molecule has 1 aromatic carbocycles. The quantitative estimate of drug-likeness (QED) is 0.885. The maximum Gasteiger partial charge on any atom is 0.0489 e. The first-order valence-corrected chi connectivity index (χ1v) is 5.23. The van der Waals surface area contributed by atoms with Crippen LogP contribution in [-0.2, 0) is 0 Å². The average Bonchev–Trinajstić information content (AvgIpc) is 2.09. The fraction of sp³-hybridized carbons (Fsp3) is 0.200. The van der Waals surface area contributed by atoms with Gasteiger partial charge in [0.25, 0.3) is 0 Å². The molecule has 70 valence electrons. The van der Waals surface area contributed by atoms with Crippen molar-refractivity contribution < 1.29 is 0 Å². The number of hydrogen-bond acceptors (Lipinski definition) is 1. The Morgan fingerprint density at radius 1 is 1.46 bits per heavy atom. The second-order valence-electron chi connectivity index (χ2n) is 2.65. The van der Waals surface area contributed by atoms with Crippen molar-refractivity contribution in [2.45, 2.75) is 6.42 Å². The minimum atomic E-state index is 0.671. The van der Waals surface area contributed by atoms with Crippen LogP contribution in [0.15, 0.2) is 28.7 Å². The standard InChI is InChI=1S/C10H11BrClN/c11-9-5-4-8(10(12)7-9)3-1-2-6-13/h1,3-5,7H,2,6,13H2/b3-1+. The first kappa shape index (κ1) is 10.8. The first-order valence-electron chi connectivity index (χ1n) is 4.05. The van der Waals surface area contributed by atoms with Gasteiger partial charge in [0, 0.05) is 9.50 Å². The molecule has 1 nitrogen and oxygen atoms in total. The fourth-order valence-electron chi connectivity index (χ4n) is 0.943. The molecule has 2 N–H and O–H groups in total. The lowest BCUT2D eigenvalue weighted by Crippen LogP contribution is -1.94. The lowest BCUT2D eigenvalue weighted by atomic mass is 10.2. The molecule has 0 aliphatic heterocycles. The van der Waals surface area contributed by atoms with Crippen LogP contribution in [0.2, 0.25) is 5.02 Å². The Bertz CT molecular complexity index is 310. The van der Waals surface area contributed by atoms with Crippen LogP contribution in [0.1, 0.15) is 12.0 Å². The number of halogens is 2. The van der Waals surface area contributed by atoms with Crippen LogP contribution in [0, 0.1) is 0 Å². The van der Waals surface area contributed by atoms with Gasteiger partial charge in [-0.15, -0.1) is 0 Å². The summed E-state index contributed by atoms with van der Waals surface area (Å²) in [6, 6.07) is 5.82. The molecule has 0 bridgehead atoms. The van der Waals surface area contributed by atoms with Crippen LogP contribution in [0.4, 0.5) is 0 Å². The normalized spacial score (nSPS) is 11.0. The van der Waals surface area contributed by atoms with Gasteiger partial charge in [0.15, 0.2) is 0 Å². The molecule has 0 radical (unpaired) electrons. The summed E-state index contributed by atoms with van der Waals surface area (Å²) in [4.78, 5) is 0. The SMILES string of the molecule is NCC/C=C/c1ccc(Br)cc1Cl. The summed E-state index contributed by atoms with van der Waals surface area (Å²) in [5, 5.41) is 0.752. The molecule has 0 saturated carbocycles. The van der Waals surface area contributed by atoms with E-state index in [1.165, 1.54) is 0 Å². The molecule has 0 saturated heterocycles. The Hall–Kier alpha value is -0.310. The molecule has 0 amide bonds. The van der Waals surface area contributed by atoms with Crippen LogP contribution in [0.25, 0.3) is 6.08 Å². The van der Waals surface area contributed by atoms with Crippen molar-refractivity contribution in [3.05, 3.63) is 39.3 Å². The third-order valence-electron chi connectivity index (χ3n) is 1.59. The zero-order valence-corrected chi connectivity index (χ0v) is 9.48. The van der Waals surface area contributed by atoms with E-state index in [0.717, 1.165) is 21.5 Å². The molecule has 13 heavy (non-hydrogen) atoms. The highest BCUT2D eigenvalue weighted by molar-refractivity contribution is 9.10. The predicted octanol–water partition coefficient (Wildman–Crippen LogP) is 3.46. The highest BCUT2D eigenvalue weighted by Gasteiger charge is 1.95. The molecule has 0 aliphatic rings. The van der Waals surface area contributed by atoms with Gasteiger partial charge in [-0.2, -0.15) is 0 Å². The van der Waals surface area contributed by atoms with Crippen LogP contribution in [-0.4, -0.2) is 6.54 Å². The summed E-state index contributed by atoms with van der Waals surface area (Å²) in [6.45, 7) is 0.671. The van der Waals surface area contributed by atoms with E-state index in [4.69, 9.17) is 17.3 Å². The van der Waals surface area contributed by atoms with E-state index in [0.29, 0.717) is 6.54 Å².